The third kappa shape index (κ3) is 2.48. The Morgan fingerprint density at radius 1 is 1.14 bits per heavy atom. The summed E-state index contributed by atoms with van der Waals surface area (Å²) in [5.41, 5.74) is 1.34. The van der Waals surface area contributed by atoms with Crippen LogP contribution in [0.15, 0.2) is 24.3 Å². The molecule has 0 bridgehead atoms. The van der Waals surface area contributed by atoms with Crippen LogP contribution >= 0.6 is 0 Å². The van der Waals surface area contributed by atoms with Crippen molar-refractivity contribution in [2.75, 3.05) is 14.2 Å². The first-order valence-corrected chi connectivity index (χ1v) is 5.00. The molecule has 2 unspecified atom stereocenters. The molecule has 1 rings (SSSR count). The minimum Gasteiger partial charge on any atom is -0.497 e. The van der Waals surface area contributed by atoms with E-state index in [0.717, 1.165) is 5.75 Å². The van der Waals surface area contributed by atoms with Crippen molar-refractivity contribution in [2.24, 2.45) is 0 Å². The fourth-order valence-electron chi connectivity index (χ4n) is 1.45. The monoisotopic (exact) mass is 193 g/mol. The van der Waals surface area contributed by atoms with Crippen LogP contribution in [0, 0.1) is 0 Å². The lowest BCUT2D eigenvalue weighted by Crippen LogP contribution is -2.27. The van der Waals surface area contributed by atoms with Crippen molar-refractivity contribution in [3.8, 4) is 5.75 Å². The van der Waals surface area contributed by atoms with Gasteiger partial charge >= 0.3 is 0 Å². The summed E-state index contributed by atoms with van der Waals surface area (Å²) in [4.78, 5) is 0. The second-order valence-electron chi connectivity index (χ2n) is 3.64. The van der Waals surface area contributed by atoms with Crippen LogP contribution in [0.1, 0.15) is 25.3 Å². The van der Waals surface area contributed by atoms with E-state index in [0.29, 0.717) is 12.0 Å². The molecule has 14 heavy (non-hydrogen) atoms. The highest BCUT2D eigenvalue weighted by molar-refractivity contribution is 5.29. The smallest absolute Gasteiger partial charge is 0.118 e. The van der Waals surface area contributed by atoms with Gasteiger partial charge in [0.15, 0.2) is 0 Å². The van der Waals surface area contributed by atoms with Crippen molar-refractivity contribution in [3.63, 3.8) is 0 Å². The standard InChI is InChI=1S/C12H19NO/c1-9(10(2)13-3)11-5-7-12(14-4)8-6-11/h5-10,13H,1-4H3. The number of benzene rings is 1. The summed E-state index contributed by atoms with van der Waals surface area (Å²) in [5.74, 6) is 1.43. The maximum atomic E-state index is 5.12. The molecular weight excluding hydrogens is 174 g/mol. The number of methoxy groups -OCH3 is 1. The van der Waals surface area contributed by atoms with E-state index in [4.69, 9.17) is 4.74 Å². The maximum Gasteiger partial charge on any atom is 0.118 e. The molecule has 0 saturated heterocycles. The predicted molar refractivity (Wildman–Crippen MR) is 59.9 cm³/mol. The summed E-state index contributed by atoms with van der Waals surface area (Å²) in [6.07, 6.45) is 0. The zero-order chi connectivity index (χ0) is 10.6. The molecule has 78 valence electrons. The van der Waals surface area contributed by atoms with Crippen molar-refractivity contribution in [3.05, 3.63) is 29.8 Å². The molecule has 0 saturated carbocycles. The highest BCUT2D eigenvalue weighted by atomic mass is 16.5. The van der Waals surface area contributed by atoms with Crippen molar-refractivity contribution in [1.29, 1.82) is 0 Å². The second kappa shape index (κ2) is 5.01. The van der Waals surface area contributed by atoms with Crippen LogP contribution in [-0.2, 0) is 0 Å². The summed E-state index contributed by atoms with van der Waals surface area (Å²) >= 11 is 0. The van der Waals surface area contributed by atoms with Gasteiger partial charge in [-0.15, -0.1) is 0 Å². The second-order valence-corrected chi connectivity index (χ2v) is 3.64. The van der Waals surface area contributed by atoms with Gasteiger partial charge in [-0.2, -0.15) is 0 Å². The largest absolute Gasteiger partial charge is 0.497 e. The molecule has 1 aromatic carbocycles. The first kappa shape index (κ1) is 11.1. The van der Waals surface area contributed by atoms with Crippen molar-refractivity contribution >= 4 is 0 Å². The van der Waals surface area contributed by atoms with E-state index in [-0.39, 0.29) is 0 Å². The molecule has 0 aliphatic rings. The van der Waals surface area contributed by atoms with E-state index in [9.17, 15) is 0 Å². The van der Waals surface area contributed by atoms with Gasteiger partial charge in [-0.05, 0) is 37.6 Å². The van der Waals surface area contributed by atoms with Crippen molar-refractivity contribution in [1.82, 2.24) is 5.32 Å². The fourth-order valence-corrected chi connectivity index (χ4v) is 1.45. The summed E-state index contributed by atoms with van der Waals surface area (Å²) in [5, 5.41) is 3.26. The summed E-state index contributed by atoms with van der Waals surface area (Å²) in [6.45, 7) is 4.41. The molecule has 0 amide bonds. The van der Waals surface area contributed by atoms with Crippen LogP contribution in [0.25, 0.3) is 0 Å². The maximum absolute atomic E-state index is 5.12. The number of likely N-dealkylation sites (N-methyl/N-ethyl adjacent to an activating group) is 1. The Hall–Kier alpha value is -1.02. The lowest BCUT2D eigenvalue weighted by Gasteiger charge is -2.19. The lowest BCUT2D eigenvalue weighted by atomic mass is 9.94. The molecule has 0 aliphatic heterocycles. The SMILES string of the molecule is CNC(C)C(C)c1ccc(OC)cc1. The number of nitrogens with one attached hydrogen (secondary N) is 1. The molecular formula is C12H19NO. The normalized spacial score (nSPS) is 14.9. The molecule has 2 nitrogen and oxygen atoms in total. The number of hydrogen-bond acceptors (Lipinski definition) is 2. The summed E-state index contributed by atoms with van der Waals surface area (Å²) in [6, 6.07) is 8.75. The average Bonchev–Trinajstić information content (AvgIpc) is 2.27. The summed E-state index contributed by atoms with van der Waals surface area (Å²) < 4.78 is 5.12. The van der Waals surface area contributed by atoms with Crippen LogP contribution in [0.2, 0.25) is 0 Å². The summed E-state index contributed by atoms with van der Waals surface area (Å²) in [7, 11) is 3.68. The zero-order valence-electron chi connectivity index (χ0n) is 9.37. The van der Waals surface area contributed by atoms with Gasteiger partial charge in [0, 0.05) is 6.04 Å². The highest BCUT2D eigenvalue weighted by Gasteiger charge is 2.11. The Balaban J connectivity index is 2.75. The van der Waals surface area contributed by atoms with Gasteiger partial charge < -0.3 is 10.1 Å². The fraction of sp³-hybridized carbons (Fsp3) is 0.500. The minimum absolute atomic E-state index is 0.489. The van der Waals surface area contributed by atoms with Gasteiger partial charge in [0.25, 0.3) is 0 Å². The topological polar surface area (TPSA) is 21.3 Å². The Kier molecular flexibility index (Phi) is 3.96. The minimum atomic E-state index is 0.489. The Morgan fingerprint density at radius 2 is 1.71 bits per heavy atom. The van der Waals surface area contributed by atoms with Crippen LogP contribution in [0.4, 0.5) is 0 Å². The van der Waals surface area contributed by atoms with Crippen LogP contribution in [0.3, 0.4) is 0 Å². The third-order valence-electron chi connectivity index (χ3n) is 2.85. The first-order chi connectivity index (χ1) is 6.69. The number of ether oxygens (including phenoxy) is 1. The molecule has 0 fully saturated rings. The molecule has 2 atom stereocenters. The first-order valence-electron chi connectivity index (χ1n) is 5.00. The zero-order valence-corrected chi connectivity index (χ0v) is 9.37. The van der Waals surface area contributed by atoms with Crippen molar-refractivity contribution < 1.29 is 4.74 Å². The van der Waals surface area contributed by atoms with Gasteiger partial charge in [0.2, 0.25) is 0 Å². The Morgan fingerprint density at radius 3 is 2.14 bits per heavy atom. The van der Waals surface area contributed by atoms with Crippen molar-refractivity contribution in [2.45, 2.75) is 25.8 Å². The van der Waals surface area contributed by atoms with Crippen LogP contribution in [0.5, 0.6) is 5.75 Å². The Bertz CT molecular complexity index is 268. The molecule has 0 aliphatic carbocycles. The predicted octanol–water partition coefficient (Wildman–Crippen LogP) is 2.41. The van der Waals surface area contributed by atoms with E-state index in [1.54, 1.807) is 7.11 Å². The number of rotatable bonds is 4. The third-order valence-corrected chi connectivity index (χ3v) is 2.85. The Labute approximate surface area is 86.3 Å². The molecule has 1 aromatic rings. The van der Waals surface area contributed by atoms with Gasteiger partial charge in [0.05, 0.1) is 7.11 Å². The van der Waals surface area contributed by atoms with Gasteiger partial charge in [-0.1, -0.05) is 19.1 Å². The van der Waals surface area contributed by atoms with E-state index in [1.165, 1.54) is 5.56 Å². The molecule has 0 spiro atoms. The molecule has 0 aromatic heterocycles. The van der Waals surface area contributed by atoms with Gasteiger partial charge in [0.1, 0.15) is 5.75 Å². The lowest BCUT2D eigenvalue weighted by molar-refractivity contribution is 0.414. The molecule has 1 N–H and O–H groups in total. The highest BCUT2D eigenvalue weighted by Crippen LogP contribution is 2.21. The molecule has 0 heterocycles. The van der Waals surface area contributed by atoms with E-state index >= 15 is 0 Å². The average molecular weight is 193 g/mol. The van der Waals surface area contributed by atoms with E-state index < -0.39 is 0 Å². The van der Waals surface area contributed by atoms with Gasteiger partial charge in [-0.3, -0.25) is 0 Å². The molecule has 0 radical (unpaired) electrons. The van der Waals surface area contributed by atoms with Crippen LogP contribution < -0.4 is 10.1 Å². The molecule has 2 heteroatoms. The number of hydrogen-bond donors (Lipinski definition) is 1. The quantitative estimate of drug-likeness (QED) is 0.793. The van der Waals surface area contributed by atoms with E-state index in [1.807, 2.05) is 19.2 Å². The van der Waals surface area contributed by atoms with Crippen LogP contribution in [-0.4, -0.2) is 20.2 Å². The van der Waals surface area contributed by atoms with E-state index in [2.05, 4.69) is 31.3 Å². The van der Waals surface area contributed by atoms with Gasteiger partial charge in [-0.25, -0.2) is 0 Å².